The van der Waals surface area contributed by atoms with Crippen molar-refractivity contribution in [2.75, 3.05) is 0 Å². The Labute approximate surface area is 149 Å². The summed E-state index contributed by atoms with van der Waals surface area (Å²) in [5, 5.41) is 1.81. The van der Waals surface area contributed by atoms with Crippen molar-refractivity contribution in [1.29, 1.82) is 0 Å². The first-order valence-electron chi connectivity index (χ1n) is 8.01. The number of rotatable bonds is 3. The Kier molecular flexibility index (Phi) is 4.47. The van der Waals surface area contributed by atoms with Gasteiger partial charge in [0.25, 0.3) is 5.56 Å². The number of aromatic nitrogens is 2. The van der Waals surface area contributed by atoms with Crippen molar-refractivity contribution < 1.29 is 9.53 Å². The molecule has 0 fully saturated rings. The van der Waals surface area contributed by atoms with Crippen LogP contribution in [-0.2, 0) is 11.3 Å². The Morgan fingerprint density at radius 2 is 1.68 bits per heavy atom. The number of esters is 1. The molecule has 0 bridgehead atoms. The van der Waals surface area contributed by atoms with Crippen molar-refractivity contribution in [3.8, 4) is 0 Å². The quantitative estimate of drug-likeness (QED) is 0.723. The number of carbonyl (C=O) groups is 1. The fourth-order valence-electron chi connectivity index (χ4n) is 3.00. The van der Waals surface area contributed by atoms with E-state index in [1.165, 1.54) is 16.9 Å². The lowest BCUT2D eigenvalue weighted by Gasteiger charge is -2.17. The van der Waals surface area contributed by atoms with E-state index in [0.717, 1.165) is 22.3 Å². The van der Waals surface area contributed by atoms with Crippen LogP contribution in [0.1, 0.15) is 44.0 Å². The number of nitrogens with one attached hydrogen (secondary N) is 1. The zero-order valence-corrected chi connectivity index (χ0v) is 15.8. The Morgan fingerprint density at radius 1 is 1.08 bits per heavy atom. The monoisotopic (exact) mass is 356 g/mol. The second-order valence-corrected chi connectivity index (χ2v) is 7.14. The van der Waals surface area contributed by atoms with E-state index in [9.17, 15) is 9.59 Å². The van der Waals surface area contributed by atoms with Gasteiger partial charge in [-0.05, 0) is 73.9 Å². The molecule has 0 aliphatic rings. The highest BCUT2D eigenvalue weighted by atomic mass is 32.1. The maximum atomic E-state index is 12.6. The van der Waals surface area contributed by atoms with Crippen molar-refractivity contribution in [3.05, 3.63) is 61.0 Å². The van der Waals surface area contributed by atoms with Gasteiger partial charge < -0.3 is 9.72 Å². The smallest absolute Gasteiger partial charge is 0.339 e. The van der Waals surface area contributed by atoms with Crippen LogP contribution in [0.2, 0.25) is 0 Å². The zero-order valence-electron chi connectivity index (χ0n) is 14.9. The third kappa shape index (κ3) is 2.98. The van der Waals surface area contributed by atoms with Crippen LogP contribution in [0.4, 0.5) is 0 Å². The molecule has 0 saturated carbocycles. The van der Waals surface area contributed by atoms with Gasteiger partial charge in [0, 0.05) is 0 Å². The van der Waals surface area contributed by atoms with Gasteiger partial charge in [0.05, 0.1) is 11.1 Å². The van der Waals surface area contributed by atoms with Crippen molar-refractivity contribution >= 4 is 27.5 Å². The third-order valence-electron chi connectivity index (χ3n) is 4.91. The molecule has 0 unspecified atom stereocenters. The van der Waals surface area contributed by atoms with Crippen molar-refractivity contribution in [2.24, 2.45) is 0 Å². The molecular formula is C19H20N2O3S. The minimum absolute atomic E-state index is 0.0648. The SMILES string of the molecule is Cc1c(C)c(C)c(C(=O)OCc2nc3ccsc3c(=O)[nH]2)c(C)c1C. The van der Waals surface area contributed by atoms with Gasteiger partial charge in [-0.25, -0.2) is 9.78 Å². The summed E-state index contributed by atoms with van der Waals surface area (Å²) in [6.07, 6.45) is 0. The molecule has 2 heterocycles. The van der Waals surface area contributed by atoms with Gasteiger partial charge in [-0.3, -0.25) is 4.79 Å². The van der Waals surface area contributed by atoms with Crippen LogP contribution >= 0.6 is 11.3 Å². The molecular weight excluding hydrogens is 336 g/mol. The first-order chi connectivity index (χ1) is 11.8. The normalized spacial score (nSPS) is 11.1. The molecule has 3 aromatic rings. The second kappa shape index (κ2) is 6.44. The van der Waals surface area contributed by atoms with Gasteiger partial charge >= 0.3 is 5.97 Å². The summed E-state index contributed by atoms with van der Waals surface area (Å²) in [6.45, 7) is 9.88. The van der Waals surface area contributed by atoms with Gasteiger partial charge in [-0.15, -0.1) is 11.3 Å². The number of H-pyrrole nitrogens is 1. The summed E-state index contributed by atoms with van der Waals surface area (Å²) in [5.74, 6) is -0.0469. The molecule has 130 valence electrons. The Morgan fingerprint density at radius 3 is 2.32 bits per heavy atom. The number of benzene rings is 1. The average molecular weight is 356 g/mol. The van der Waals surface area contributed by atoms with Crippen LogP contribution in [0.25, 0.3) is 10.2 Å². The summed E-state index contributed by atoms with van der Waals surface area (Å²) in [4.78, 5) is 31.6. The third-order valence-corrected chi connectivity index (χ3v) is 5.81. The lowest BCUT2D eigenvalue weighted by atomic mass is 9.90. The highest BCUT2D eigenvalue weighted by Gasteiger charge is 2.19. The van der Waals surface area contributed by atoms with E-state index in [-0.39, 0.29) is 12.2 Å². The van der Waals surface area contributed by atoms with Crippen molar-refractivity contribution in [1.82, 2.24) is 9.97 Å². The predicted octanol–water partition coefficient (Wildman–Crippen LogP) is 3.88. The summed E-state index contributed by atoms with van der Waals surface area (Å²) < 4.78 is 6.01. The molecule has 0 radical (unpaired) electrons. The van der Waals surface area contributed by atoms with E-state index >= 15 is 0 Å². The second-order valence-electron chi connectivity index (χ2n) is 6.22. The average Bonchev–Trinajstić information content (AvgIpc) is 3.06. The number of thiophene rings is 1. The van der Waals surface area contributed by atoms with E-state index in [0.29, 0.717) is 21.6 Å². The molecule has 0 aliphatic carbocycles. The van der Waals surface area contributed by atoms with E-state index in [2.05, 4.69) is 16.9 Å². The van der Waals surface area contributed by atoms with Crippen molar-refractivity contribution in [3.63, 3.8) is 0 Å². The summed E-state index contributed by atoms with van der Waals surface area (Å²) in [7, 11) is 0. The van der Waals surface area contributed by atoms with Crippen molar-refractivity contribution in [2.45, 2.75) is 41.2 Å². The first-order valence-corrected chi connectivity index (χ1v) is 8.89. The molecule has 1 aromatic carbocycles. The Bertz CT molecular complexity index is 1020. The minimum Gasteiger partial charge on any atom is -0.454 e. The molecule has 2 aromatic heterocycles. The number of hydrogen-bond acceptors (Lipinski definition) is 5. The van der Waals surface area contributed by atoms with Gasteiger partial charge in [0.1, 0.15) is 17.1 Å². The van der Waals surface area contributed by atoms with Gasteiger partial charge in [-0.1, -0.05) is 0 Å². The Balaban J connectivity index is 1.89. The van der Waals surface area contributed by atoms with Crippen LogP contribution in [0.3, 0.4) is 0 Å². The molecule has 0 amide bonds. The molecule has 6 heteroatoms. The standard InChI is InChI=1S/C19H20N2O3S/c1-9-10(2)12(4)16(13(5)11(9)3)19(23)24-8-15-20-14-6-7-25-17(14)18(22)21-15/h6-7H,8H2,1-5H3,(H,20,21,22). The molecule has 1 N–H and O–H groups in total. The first kappa shape index (κ1) is 17.4. The van der Waals surface area contributed by atoms with Crippen LogP contribution in [-0.4, -0.2) is 15.9 Å². The fourth-order valence-corrected chi connectivity index (χ4v) is 3.73. The van der Waals surface area contributed by atoms with Gasteiger partial charge in [0.15, 0.2) is 0 Å². The molecule has 0 aliphatic heterocycles. The Hall–Kier alpha value is -2.47. The summed E-state index contributed by atoms with van der Waals surface area (Å²) in [6, 6.07) is 1.78. The van der Waals surface area contributed by atoms with Gasteiger partial charge in [0.2, 0.25) is 0 Å². The molecule has 3 rings (SSSR count). The van der Waals surface area contributed by atoms with E-state index in [1.807, 2.05) is 33.1 Å². The van der Waals surface area contributed by atoms with E-state index < -0.39 is 5.97 Å². The lowest BCUT2D eigenvalue weighted by molar-refractivity contribution is 0.0460. The number of carbonyl (C=O) groups excluding carboxylic acids is 1. The van der Waals surface area contributed by atoms with E-state index in [1.54, 1.807) is 6.07 Å². The number of hydrogen-bond donors (Lipinski definition) is 1. The minimum atomic E-state index is -0.394. The summed E-state index contributed by atoms with van der Waals surface area (Å²) in [5.41, 5.74) is 6.26. The molecule has 0 atom stereocenters. The van der Waals surface area contributed by atoms with Crippen LogP contribution in [0.5, 0.6) is 0 Å². The largest absolute Gasteiger partial charge is 0.454 e. The molecule has 5 nitrogen and oxygen atoms in total. The fraction of sp³-hybridized carbons (Fsp3) is 0.316. The highest BCUT2D eigenvalue weighted by molar-refractivity contribution is 7.17. The number of ether oxygens (including phenoxy) is 1. The molecule has 0 saturated heterocycles. The molecule has 0 spiro atoms. The number of fused-ring (bicyclic) bond motifs is 1. The number of aromatic amines is 1. The lowest BCUT2D eigenvalue weighted by Crippen LogP contribution is -2.16. The number of nitrogens with zero attached hydrogens (tertiary/aromatic N) is 1. The highest BCUT2D eigenvalue weighted by Crippen LogP contribution is 2.26. The van der Waals surface area contributed by atoms with Crippen LogP contribution < -0.4 is 5.56 Å². The predicted molar refractivity (Wildman–Crippen MR) is 99.5 cm³/mol. The van der Waals surface area contributed by atoms with Gasteiger partial charge in [-0.2, -0.15) is 0 Å². The van der Waals surface area contributed by atoms with E-state index in [4.69, 9.17) is 4.74 Å². The zero-order chi connectivity index (χ0) is 18.3. The maximum Gasteiger partial charge on any atom is 0.339 e. The topological polar surface area (TPSA) is 72.0 Å². The maximum absolute atomic E-state index is 12.6. The summed E-state index contributed by atoms with van der Waals surface area (Å²) >= 11 is 1.34. The molecule has 25 heavy (non-hydrogen) atoms. The van der Waals surface area contributed by atoms with Crippen LogP contribution in [0, 0.1) is 34.6 Å². The van der Waals surface area contributed by atoms with Crippen LogP contribution in [0.15, 0.2) is 16.2 Å².